The van der Waals surface area contributed by atoms with Crippen LogP contribution in [-0.2, 0) is 11.3 Å². The zero-order valence-corrected chi connectivity index (χ0v) is 12.6. The first kappa shape index (κ1) is 16.1. The largest absolute Gasteiger partial charge is 0.324 e. The number of anilines is 1. The van der Waals surface area contributed by atoms with E-state index in [2.05, 4.69) is 5.32 Å². The maximum absolute atomic E-state index is 13.6. The molecule has 3 nitrogen and oxygen atoms in total. The first-order valence-corrected chi connectivity index (χ1v) is 7.09. The molecule has 22 heavy (non-hydrogen) atoms. The molecular weight excluding hydrogens is 286 g/mol. The Morgan fingerprint density at radius 1 is 1.14 bits per heavy atom. The van der Waals surface area contributed by atoms with Gasteiger partial charge in [0.2, 0.25) is 0 Å². The van der Waals surface area contributed by atoms with Gasteiger partial charge in [0.1, 0.15) is 18.2 Å². The van der Waals surface area contributed by atoms with E-state index in [0.29, 0.717) is 17.8 Å². The molecule has 1 amide bonds. The quantitative estimate of drug-likeness (QED) is 0.870. The van der Waals surface area contributed by atoms with Crippen molar-refractivity contribution < 1.29 is 18.5 Å². The number of likely N-dealkylation sites (N-methyl/N-ethyl adjacent to an activating group) is 1. The molecule has 0 saturated carbocycles. The molecule has 0 bridgehead atoms. The molecule has 2 aromatic carbocycles. The monoisotopic (exact) mass is 305 g/mol. The fourth-order valence-electron chi connectivity index (χ4n) is 2.10. The van der Waals surface area contributed by atoms with Gasteiger partial charge in [-0.3, -0.25) is 4.79 Å². The van der Waals surface area contributed by atoms with Crippen molar-refractivity contribution in [2.24, 2.45) is 0 Å². The highest BCUT2D eigenvalue weighted by Crippen LogP contribution is 2.08. The number of rotatable bonds is 5. The van der Waals surface area contributed by atoms with Crippen molar-refractivity contribution in [2.75, 3.05) is 12.4 Å². The number of amides is 1. The van der Waals surface area contributed by atoms with Gasteiger partial charge >= 0.3 is 0 Å². The van der Waals surface area contributed by atoms with Gasteiger partial charge in [0.25, 0.3) is 5.91 Å². The third-order valence-corrected chi connectivity index (χ3v) is 3.67. The van der Waals surface area contributed by atoms with E-state index in [0.717, 1.165) is 4.90 Å². The average Bonchev–Trinajstić information content (AvgIpc) is 2.51. The smallest absolute Gasteiger partial charge is 0.282 e. The summed E-state index contributed by atoms with van der Waals surface area (Å²) in [5.41, 5.74) is 1.11. The second-order valence-electron chi connectivity index (χ2n) is 5.33. The second-order valence-corrected chi connectivity index (χ2v) is 5.33. The summed E-state index contributed by atoms with van der Waals surface area (Å²) in [4.78, 5) is 13.1. The number of benzene rings is 2. The maximum Gasteiger partial charge on any atom is 0.282 e. The Balaban J connectivity index is 1.97. The van der Waals surface area contributed by atoms with Crippen LogP contribution in [0.1, 0.15) is 12.5 Å². The third-order valence-electron chi connectivity index (χ3n) is 3.67. The SMILES string of the molecule is C[C@@H](C(=O)Nc1ccc(F)cc1)[NH+](C)Cc1ccccc1F. The van der Waals surface area contributed by atoms with Crippen LogP contribution in [0.25, 0.3) is 0 Å². The maximum atomic E-state index is 13.6. The molecule has 0 saturated heterocycles. The van der Waals surface area contributed by atoms with Crippen molar-refractivity contribution in [3.63, 3.8) is 0 Å². The van der Waals surface area contributed by atoms with Gasteiger partial charge in [-0.15, -0.1) is 0 Å². The number of hydrogen-bond acceptors (Lipinski definition) is 1. The van der Waals surface area contributed by atoms with Gasteiger partial charge in [0.15, 0.2) is 6.04 Å². The lowest BCUT2D eigenvalue weighted by Gasteiger charge is -2.21. The molecular formula is C17H19F2N2O+. The van der Waals surface area contributed by atoms with Crippen molar-refractivity contribution in [1.82, 2.24) is 0 Å². The molecule has 1 unspecified atom stereocenters. The Labute approximate surface area is 128 Å². The van der Waals surface area contributed by atoms with Crippen LogP contribution >= 0.6 is 0 Å². The van der Waals surface area contributed by atoms with E-state index < -0.39 is 0 Å². The fraction of sp³-hybridized carbons (Fsp3) is 0.235. The van der Waals surface area contributed by atoms with Gasteiger partial charge in [-0.2, -0.15) is 0 Å². The molecule has 2 rings (SSSR count). The lowest BCUT2D eigenvalue weighted by atomic mass is 10.1. The molecule has 0 aliphatic heterocycles. The minimum atomic E-state index is -0.371. The first-order valence-electron chi connectivity index (χ1n) is 7.09. The Hall–Kier alpha value is -2.27. The third kappa shape index (κ3) is 4.11. The number of halogens is 2. The summed E-state index contributed by atoms with van der Waals surface area (Å²) in [7, 11) is 1.83. The van der Waals surface area contributed by atoms with E-state index in [1.54, 1.807) is 25.1 Å². The number of carbonyl (C=O) groups excluding carboxylic acids is 1. The molecule has 116 valence electrons. The predicted molar refractivity (Wildman–Crippen MR) is 81.5 cm³/mol. The van der Waals surface area contributed by atoms with Crippen LogP contribution in [0, 0.1) is 11.6 Å². The summed E-state index contributed by atoms with van der Waals surface area (Å²) < 4.78 is 26.5. The minimum Gasteiger partial charge on any atom is -0.324 e. The van der Waals surface area contributed by atoms with Crippen LogP contribution < -0.4 is 10.2 Å². The molecule has 2 N–H and O–H groups in total. The molecule has 0 aliphatic carbocycles. The van der Waals surface area contributed by atoms with Gasteiger partial charge in [0, 0.05) is 11.3 Å². The normalized spacial score (nSPS) is 13.5. The highest BCUT2D eigenvalue weighted by Gasteiger charge is 2.22. The van der Waals surface area contributed by atoms with E-state index in [4.69, 9.17) is 0 Å². The van der Waals surface area contributed by atoms with Crippen LogP contribution in [0.4, 0.5) is 14.5 Å². The molecule has 0 spiro atoms. The standard InChI is InChI=1S/C17H18F2N2O/c1-12(17(22)20-15-9-7-14(18)8-10-15)21(2)11-13-5-3-4-6-16(13)19/h3-10,12H,11H2,1-2H3,(H,20,22)/p+1/t12-/m0/s1. The number of hydrogen-bond donors (Lipinski definition) is 2. The topological polar surface area (TPSA) is 33.5 Å². The number of carbonyl (C=O) groups is 1. The molecule has 0 aliphatic rings. The van der Waals surface area contributed by atoms with E-state index in [1.807, 2.05) is 7.05 Å². The van der Waals surface area contributed by atoms with E-state index >= 15 is 0 Å². The van der Waals surface area contributed by atoms with Gasteiger partial charge in [-0.1, -0.05) is 18.2 Å². The number of quaternary nitrogens is 1. The lowest BCUT2D eigenvalue weighted by Crippen LogP contribution is -3.12. The predicted octanol–water partition coefficient (Wildman–Crippen LogP) is 2.01. The second kappa shape index (κ2) is 7.13. The Bertz CT molecular complexity index is 643. The molecule has 0 radical (unpaired) electrons. The van der Waals surface area contributed by atoms with Gasteiger partial charge in [-0.25, -0.2) is 8.78 Å². The van der Waals surface area contributed by atoms with Crippen molar-refractivity contribution >= 4 is 11.6 Å². The molecule has 0 heterocycles. The Morgan fingerprint density at radius 3 is 2.41 bits per heavy atom. The summed E-state index contributed by atoms with van der Waals surface area (Å²) >= 11 is 0. The molecule has 5 heteroatoms. The van der Waals surface area contributed by atoms with Crippen molar-refractivity contribution in [2.45, 2.75) is 19.5 Å². The summed E-state index contributed by atoms with van der Waals surface area (Å²) in [5.74, 6) is -0.818. The van der Waals surface area contributed by atoms with Gasteiger partial charge in [-0.05, 0) is 37.3 Å². The van der Waals surface area contributed by atoms with E-state index in [1.165, 1.54) is 30.3 Å². The Kier molecular flexibility index (Phi) is 5.22. The van der Waals surface area contributed by atoms with Gasteiger partial charge < -0.3 is 10.2 Å². The molecule has 0 aromatic heterocycles. The highest BCUT2D eigenvalue weighted by molar-refractivity contribution is 5.93. The molecule has 2 aromatic rings. The summed E-state index contributed by atoms with van der Waals surface area (Å²) in [6.07, 6.45) is 0. The van der Waals surface area contributed by atoms with Crippen LogP contribution in [0.3, 0.4) is 0 Å². The van der Waals surface area contributed by atoms with Crippen LogP contribution in [-0.4, -0.2) is 19.0 Å². The molecule has 0 fully saturated rings. The average molecular weight is 305 g/mol. The zero-order valence-electron chi connectivity index (χ0n) is 12.6. The summed E-state index contributed by atoms with van der Waals surface area (Å²) in [5, 5.41) is 2.73. The highest BCUT2D eigenvalue weighted by atomic mass is 19.1. The minimum absolute atomic E-state index is 0.194. The summed E-state index contributed by atoms with van der Waals surface area (Å²) in [6.45, 7) is 2.18. The van der Waals surface area contributed by atoms with Crippen LogP contribution in [0.5, 0.6) is 0 Å². The van der Waals surface area contributed by atoms with Crippen LogP contribution in [0.2, 0.25) is 0 Å². The van der Waals surface area contributed by atoms with Crippen molar-refractivity contribution in [3.8, 4) is 0 Å². The number of nitrogens with one attached hydrogen (secondary N) is 2. The van der Waals surface area contributed by atoms with Gasteiger partial charge in [0.05, 0.1) is 7.05 Å². The molecule has 2 atom stereocenters. The first-order chi connectivity index (χ1) is 10.5. The van der Waals surface area contributed by atoms with E-state index in [9.17, 15) is 13.6 Å². The van der Waals surface area contributed by atoms with Crippen molar-refractivity contribution in [1.29, 1.82) is 0 Å². The van der Waals surface area contributed by atoms with Crippen LogP contribution in [0.15, 0.2) is 48.5 Å². The van der Waals surface area contributed by atoms with Crippen molar-refractivity contribution in [3.05, 3.63) is 65.7 Å². The lowest BCUT2D eigenvalue weighted by molar-refractivity contribution is -0.908. The fourth-order valence-corrected chi connectivity index (χ4v) is 2.10. The van der Waals surface area contributed by atoms with E-state index in [-0.39, 0.29) is 23.6 Å². The summed E-state index contributed by atoms with van der Waals surface area (Å²) in [6, 6.07) is 11.7. The zero-order chi connectivity index (χ0) is 16.1. The Morgan fingerprint density at radius 2 is 1.77 bits per heavy atom.